The van der Waals surface area contributed by atoms with Gasteiger partial charge in [0.25, 0.3) is 5.56 Å². The largest absolute Gasteiger partial charge is 0.497 e. The summed E-state index contributed by atoms with van der Waals surface area (Å²) in [4.78, 5) is 24.9. The van der Waals surface area contributed by atoms with Gasteiger partial charge in [-0.05, 0) is 30.5 Å². The fraction of sp³-hybridized carbons (Fsp3) is 0.444. The molecule has 2 heterocycles. The Morgan fingerprint density at radius 1 is 1.24 bits per heavy atom. The molecule has 0 aliphatic carbocycles. The SMILES string of the molecule is CCC(CC)n1[nH]c(=O)c2c1NC(=O)CS[C@H]2c1ccc(OC)cc1. The van der Waals surface area contributed by atoms with Gasteiger partial charge in [0.15, 0.2) is 0 Å². The van der Waals surface area contributed by atoms with E-state index in [1.54, 1.807) is 7.11 Å². The normalized spacial score (nSPS) is 17.1. The summed E-state index contributed by atoms with van der Waals surface area (Å²) >= 11 is 1.47. The molecule has 6 nitrogen and oxygen atoms in total. The molecule has 25 heavy (non-hydrogen) atoms. The highest BCUT2D eigenvalue weighted by Gasteiger charge is 2.31. The van der Waals surface area contributed by atoms with Crippen molar-refractivity contribution < 1.29 is 9.53 Å². The van der Waals surface area contributed by atoms with Gasteiger partial charge < -0.3 is 10.1 Å². The minimum absolute atomic E-state index is 0.0824. The van der Waals surface area contributed by atoms with Crippen LogP contribution in [0.25, 0.3) is 0 Å². The first-order chi connectivity index (χ1) is 12.1. The van der Waals surface area contributed by atoms with Crippen LogP contribution in [-0.2, 0) is 4.79 Å². The molecule has 2 N–H and O–H groups in total. The Kier molecular flexibility index (Phi) is 5.22. The molecule has 1 aliphatic rings. The molecule has 134 valence electrons. The topological polar surface area (TPSA) is 76.1 Å². The van der Waals surface area contributed by atoms with E-state index in [9.17, 15) is 9.59 Å². The van der Waals surface area contributed by atoms with Crippen molar-refractivity contribution in [2.45, 2.75) is 38.0 Å². The Bertz CT molecular complexity index is 806. The highest BCUT2D eigenvalue weighted by atomic mass is 32.2. The molecule has 1 aromatic heterocycles. The van der Waals surface area contributed by atoms with Crippen LogP contribution < -0.4 is 15.6 Å². The zero-order valence-corrected chi connectivity index (χ0v) is 15.5. The van der Waals surface area contributed by atoms with Crippen LogP contribution in [0.4, 0.5) is 5.82 Å². The summed E-state index contributed by atoms with van der Waals surface area (Å²) in [6, 6.07) is 7.80. The zero-order valence-electron chi connectivity index (χ0n) is 14.7. The first-order valence-electron chi connectivity index (χ1n) is 8.48. The molecular weight excluding hydrogens is 338 g/mol. The first-order valence-corrected chi connectivity index (χ1v) is 9.53. The van der Waals surface area contributed by atoms with E-state index in [0.717, 1.165) is 24.2 Å². The summed E-state index contributed by atoms with van der Waals surface area (Å²) in [7, 11) is 1.62. The number of methoxy groups -OCH3 is 1. The van der Waals surface area contributed by atoms with E-state index in [-0.39, 0.29) is 22.8 Å². The molecule has 1 atom stereocenters. The fourth-order valence-corrected chi connectivity index (χ4v) is 4.34. The monoisotopic (exact) mass is 361 g/mol. The maximum atomic E-state index is 12.7. The van der Waals surface area contributed by atoms with Crippen LogP contribution in [0.5, 0.6) is 5.75 Å². The molecule has 2 aromatic rings. The van der Waals surface area contributed by atoms with Gasteiger partial charge in [-0.2, -0.15) is 0 Å². The predicted octanol–water partition coefficient (Wildman–Crippen LogP) is 3.32. The van der Waals surface area contributed by atoms with Crippen LogP contribution in [0.3, 0.4) is 0 Å². The van der Waals surface area contributed by atoms with Gasteiger partial charge in [-0.25, -0.2) is 0 Å². The van der Waals surface area contributed by atoms with Gasteiger partial charge in [-0.1, -0.05) is 26.0 Å². The first kappa shape index (κ1) is 17.7. The number of benzene rings is 1. The van der Waals surface area contributed by atoms with Gasteiger partial charge in [-0.3, -0.25) is 19.4 Å². The van der Waals surface area contributed by atoms with Crippen molar-refractivity contribution >= 4 is 23.5 Å². The number of ether oxygens (including phenoxy) is 1. The van der Waals surface area contributed by atoms with E-state index in [4.69, 9.17) is 4.74 Å². The minimum atomic E-state index is -0.195. The number of hydrogen-bond acceptors (Lipinski definition) is 4. The lowest BCUT2D eigenvalue weighted by molar-refractivity contribution is -0.113. The fourth-order valence-electron chi connectivity index (χ4n) is 3.21. The van der Waals surface area contributed by atoms with Crippen LogP contribution in [0.2, 0.25) is 0 Å². The summed E-state index contributed by atoms with van der Waals surface area (Å²) in [5.41, 5.74) is 1.46. The molecule has 0 saturated heterocycles. The van der Waals surface area contributed by atoms with Gasteiger partial charge in [0.05, 0.1) is 29.7 Å². The van der Waals surface area contributed by atoms with Gasteiger partial charge >= 0.3 is 0 Å². The third-order valence-corrected chi connectivity index (χ3v) is 5.86. The molecular formula is C18H23N3O3S. The average Bonchev–Trinajstić information content (AvgIpc) is 2.83. The molecule has 3 rings (SSSR count). The summed E-state index contributed by atoms with van der Waals surface area (Å²) < 4.78 is 7.04. The third-order valence-electron chi connectivity index (χ3n) is 4.59. The number of H-pyrrole nitrogens is 1. The second-order valence-corrected chi connectivity index (χ2v) is 7.15. The lowest BCUT2D eigenvalue weighted by atomic mass is 10.1. The molecule has 0 bridgehead atoms. The molecule has 0 saturated carbocycles. The van der Waals surface area contributed by atoms with Crippen molar-refractivity contribution in [3.8, 4) is 5.75 Å². The molecule has 1 aliphatic heterocycles. The maximum absolute atomic E-state index is 12.7. The van der Waals surface area contributed by atoms with Crippen molar-refractivity contribution in [1.29, 1.82) is 0 Å². The van der Waals surface area contributed by atoms with Crippen molar-refractivity contribution in [3.05, 3.63) is 45.7 Å². The molecule has 0 radical (unpaired) electrons. The molecule has 1 amide bonds. The van der Waals surface area contributed by atoms with Gasteiger partial charge in [0, 0.05) is 0 Å². The van der Waals surface area contributed by atoms with E-state index in [1.165, 1.54) is 11.8 Å². The number of nitrogens with one attached hydrogen (secondary N) is 2. The number of aromatic amines is 1. The Hall–Kier alpha value is -2.15. The second kappa shape index (κ2) is 7.39. The summed E-state index contributed by atoms with van der Waals surface area (Å²) in [5, 5.41) is 5.67. The number of carbonyl (C=O) groups excluding carboxylic acids is 1. The molecule has 1 aromatic carbocycles. The summed E-state index contributed by atoms with van der Waals surface area (Å²) in [6.07, 6.45) is 1.76. The minimum Gasteiger partial charge on any atom is -0.497 e. The van der Waals surface area contributed by atoms with Gasteiger partial charge in [0.2, 0.25) is 5.91 Å². The Morgan fingerprint density at radius 2 is 1.92 bits per heavy atom. The quantitative estimate of drug-likeness (QED) is 0.856. The van der Waals surface area contributed by atoms with E-state index >= 15 is 0 Å². The number of rotatable bonds is 5. The van der Waals surface area contributed by atoms with Gasteiger partial charge in [0.1, 0.15) is 11.6 Å². The lowest BCUT2D eigenvalue weighted by Gasteiger charge is -2.18. The number of aromatic nitrogens is 2. The van der Waals surface area contributed by atoms with Crippen LogP contribution in [0, 0.1) is 0 Å². The maximum Gasteiger partial charge on any atom is 0.270 e. The van der Waals surface area contributed by atoms with E-state index in [0.29, 0.717) is 17.1 Å². The number of hydrogen-bond donors (Lipinski definition) is 2. The Morgan fingerprint density at radius 3 is 2.52 bits per heavy atom. The average molecular weight is 361 g/mol. The molecule has 7 heteroatoms. The van der Waals surface area contributed by atoms with Crippen LogP contribution in [-0.4, -0.2) is 28.6 Å². The zero-order chi connectivity index (χ0) is 18.0. The highest BCUT2D eigenvalue weighted by Crippen LogP contribution is 2.41. The van der Waals surface area contributed by atoms with Crippen LogP contribution in [0.1, 0.15) is 49.1 Å². The second-order valence-electron chi connectivity index (χ2n) is 6.06. The standard InChI is InChI=1S/C18H23N3O3S/c1-4-12(5-2)21-17-15(18(23)20-21)16(25-10-14(22)19-17)11-6-8-13(24-3)9-7-11/h6-9,12,16H,4-5,10H2,1-3H3,(H,19,22)(H,20,23)/t16-/m0/s1. The van der Waals surface area contributed by atoms with Crippen molar-refractivity contribution in [2.75, 3.05) is 18.2 Å². The molecule has 0 fully saturated rings. The third kappa shape index (κ3) is 3.33. The number of carbonyl (C=O) groups is 1. The van der Waals surface area contributed by atoms with Crippen LogP contribution in [0.15, 0.2) is 29.1 Å². The van der Waals surface area contributed by atoms with E-state index < -0.39 is 0 Å². The van der Waals surface area contributed by atoms with E-state index in [1.807, 2.05) is 28.9 Å². The number of nitrogens with zero attached hydrogens (tertiary/aromatic N) is 1. The van der Waals surface area contributed by atoms with Crippen molar-refractivity contribution in [2.24, 2.45) is 0 Å². The van der Waals surface area contributed by atoms with Crippen molar-refractivity contribution in [1.82, 2.24) is 9.78 Å². The molecule has 0 spiro atoms. The number of thioether (sulfide) groups is 1. The number of anilines is 1. The summed E-state index contributed by atoms with van der Waals surface area (Å²) in [5.74, 6) is 1.60. The Labute approximate surface area is 150 Å². The smallest absolute Gasteiger partial charge is 0.270 e. The number of fused-ring (bicyclic) bond motifs is 1. The van der Waals surface area contributed by atoms with Gasteiger partial charge in [-0.15, -0.1) is 11.8 Å². The lowest BCUT2D eigenvalue weighted by Crippen LogP contribution is -2.19. The predicted molar refractivity (Wildman–Crippen MR) is 101 cm³/mol. The molecule has 0 unspecified atom stereocenters. The highest BCUT2D eigenvalue weighted by molar-refractivity contribution is 8.00. The number of amides is 1. The van der Waals surface area contributed by atoms with Crippen LogP contribution >= 0.6 is 11.8 Å². The van der Waals surface area contributed by atoms with Crippen molar-refractivity contribution in [3.63, 3.8) is 0 Å². The summed E-state index contributed by atoms with van der Waals surface area (Å²) in [6.45, 7) is 4.15. The Balaban J connectivity index is 2.11. The van der Waals surface area contributed by atoms with E-state index in [2.05, 4.69) is 24.3 Å².